The fourth-order valence-corrected chi connectivity index (χ4v) is 4.39. The van der Waals surface area contributed by atoms with E-state index in [1.807, 2.05) is 23.1 Å². The lowest BCUT2D eigenvalue weighted by Gasteiger charge is -2.36. The van der Waals surface area contributed by atoms with Gasteiger partial charge in [-0.1, -0.05) is 36.4 Å². The van der Waals surface area contributed by atoms with Crippen molar-refractivity contribution in [3.63, 3.8) is 0 Å². The first-order valence-corrected chi connectivity index (χ1v) is 10.1. The zero-order chi connectivity index (χ0) is 21.3. The summed E-state index contributed by atoms with van der Waals surface area (Å²) in [6.45, 7) is 2.18. The van der Waals surface area contributed by atoms with Crippen LogP contribution < -0.4 is 16.1 Å². The van der Waals surface area contributed by atoms with Crippen molar-refractivity contribution < 1.29 is 13.2 Å². The van der Waals surface area contributed by atoms with Crippen LogP contribution in [0.25, 0.3) is 0 Å². The Kier molecular flexibility index (Phi) is 5.66. The second kappa shape index (κ2) is 8.23. The van der Waals surface area contributed by atoms with E-state index < -0.39 is 11.7 Å². The molecule has 2 aliphatic rings. The fraction of sp³-hybridized carbons (Fsp3) is 0.333. The largest absolute Gasteiger partial charge is 0.418 e. The van der Waals surface area contributed by atoms with E-state index in [0.29, 0.717) is 12.1 Å². The zero-order valence-electron chi connectivity index (χ0n) is 16.1. The van der Waals surface area contributed by atoms with Crippen molar-refractivity contribution in [2.45, 2.75) is 31.2 Å². The highest BCUT2D eigenvalue weighted by molar-refractivity contribution is 7.80. The second-order valence-electron chi connectivity index (χ2n) is 7.62. The van der Waals surface area contributed by atoms with Crippen LogP contribution in [0.1, 0.15) is 23.1 Å². The van der Waals surface area contributed by atoms with Gasteiger partial charge in [-0.15, -0.1) is 0 Å². The molecule has 2 bridgehead atoms. The van der Waals surface area contributed by atoms with Crippen LogP contribution in [-0.2, 0) is 12.7 Å². The molecule has 30 heavy (non-hydrogen) atoms. The lowest BCUT2D eigenvalue weighted by Crippen LogP contribution is -2.46. The van der Waals surface area contributed by atoms with Crippen LogP contribution >= 0.6 is 12.2 Å². The summed E-state index contributed by atoms with van der Waals surface area (Å²) in [5, 5.41) is 3.70. The molecule has 0 amide bonds. The topological polar surface area (TPSA) is 56.9 Å². The molecule has 0 radical (unpaired) electrons. The van der Waals surface area contributed by atoms with Crippen molar-refractivity contribution in [1.82, 2.24) is 10.3 Å². The Labute approximate surface area is 178 Å². The number of rotatable bonds is 5. The lowest BCUT2D eigenvalue weighted by molar-refractivity contribution is -0.137. The molecule has 0 aliphatic carbocycles. The molecule has 2 saturated heterocycles. The molecular weight excluding hydrogens is 411 g/mol. The van der Waals surface area contributed by atoms with Crippen molar-refractivity contribution in [2.24, 2.45) is 10.8 Å². The van der Waals surface area contributed by atoms with Gasteiger partial charge in [-0.3, -0.25) is 10.3 Å². The number of alkyl halides is 3. The van der Waals surface area contributed by atoms with Gasteiger partial charge in [-0.05, 0) is 41.9 Å². The summed E-state index contributed by atoms with van der Waals surface area (Å²) in [6, 6.07) is 14.8. The standard InChI is InChI=1S/C21H22F3N5S/c22-21(23,24)18-8-15(10-26-27-20(25)30)6-7-19(18)29-13-16-9-17(29)12-28(16)11-14-4-2-1-3-5-14/h1-8,10,16-17H,9,11-13H2,(H3,25,27,30)/b26-10+/t16-,17-/m0/s1. The molecule has 2 aliphatic heterocycles. The number of fused-ring (bicyclic) bond motifs is 2. The van der Waals surface area contributed by atoms with Crippen LogP contribution in [0.3, 0.4) is 0 Å². The summed E-state index contributed by atoms with van der Waals surface area (Å²) >= 11 is 4.63. The van der Waals surface area contributed by atoms with Crippen molar-refractivity contribution in [1.29, 1.82) is 0 Å². The van der Waals surface area contributed by atoms with E-state index in [-0.39, 0.29) is 22.9 Å². The van der Waals surface area contributed by atoms with Gasteiger partial charge in [0.15, 0.2) is 5.11 Å². The van der Waals surface area contributed by atoms with Gasteiger partial charge in [-0.2, -0.15) is 18.3 Å². The number of piperazine rings is 1. The van der Waals surface area contributed by atoms with Crippen LogP contribution in [0.15, 0.2) is 53.6 Å². The van der Waals surface area contributed by atoms with E-state index in [2.05, 4.69) is 39.8 Å². The first-order valence-electron chi connectivity index (χ1n) is 9.65. The first-order chi connectivity index (χ1) is 14.3. The summed E-state index contributed by atoms with van der Waals surface area (Å²) in [5.74, 6) is 0. The van der Waals surface area contributed by atoms with Gasteiger partial charge in [0, 0.05) is 37.4 Å². The van der Waals surface area contributed by atoms with E-state index in [0.717, 1.165) is 25.6 Å². The monoisotopic (exact) mass is 433 g/mol. The third-order valence-corrected chi connectivity index (χ3v) is 5.70. The van der Waals surface area contributed by atoms with E-state index in [9.17, 15) is 13.2 Å². The predicted molar refractivity (Wildman–Crippen MR) is 115 cm³/mol. The average molecular weight is 434 g/mol. The molecule has 158 valence electrons. The molecule has 2 fully saturated rings. The molecule has 2 aromatic rings. The molecule has 9 heteroatoms. The quantitative estimate of drug-likeness (QED) is 0.430. The Morgan fingerprint density at radius 3 is 2.57 bits per heavy atom. The molecule has 0 aromatic heterocycles. The number of hydrogen-bond acceptors (Lipinski definition) is 4. The summed E-state index contributed by atoms with van der Waals surface area (Å²) in [6.07, 6.45) is -2.30. The number of benzene rings is 2. The molecule has 4 rings (SSSR count). The van der Waals surface area contributed by atoms with Crippen LogP contribution in [0.5, 0.6) is 0 Å². The zero-order valence-corrected chi connectivity index (χ0v) is 17.0. The molecule has 2 atom stereocenters. The van der Waals surface area contributed by atoms with Crippen molar-refractivity contribution in [3.05, 3.63) is 65.2 Å². The van der Waals surface area contributed by atoms with Gasteiger partial charge in [0.2, 0.25) is 0 Å². The highest BCUT2D eigenvalue weighted by atomic mass is 32.1. The highest BCUT2D eigenvalue weighted by Crippen LogP contribution is 2.42. The maximum atomic E-state index is 13.8. The SMILES string of the molecule is NC(=S)N/N=C/c1ccc(N2C[C@@H]3C[C@H]2CN3Cc2ccccc2)c(C(F)(F)F)c1. The maximum absolute atomic E-state index is 13.8. The molecule has 0 saturated carbocycles. The Morgan fingerprint density at radius 1 is 1.17 bits per heavy atom. The van der Waals surface area contributed by atoms with Crippen molar-refractivity contribution in [2.75, 3.05) is 18.0 Å². The maximum Gasteiger partial charge on any atom is 0.418 e. The smallest absolute Gasteiger partial charge is 0.375 e. The predicted octanol–water partition coefficient (Wildman–Crippen LogP) is 3.34. The van der Waals surface area contributed by atoms with Crippen molar-refractivity contribution >= 4 is 29.2 Å². The Morgan fingerprint density at radius 2 is 1.93 bits per heavy atom. The normalized spacial score (nSPS) is 21.5. The number of halogens is 3. The van der Waals surface area contributed by atoms with Crippen LogP contribution in [0.4, 0.5) is 18.9 Å². The van der Waals surface area contributed by atoms with E-state index in [4.69, 9.17) is 5.73 Å². The molecule has 0 spiro atoms. The number of nitrogens with two attached hydrogens (primary N) is 1. The second-order valence-corrected chi connectivity index (χ2v) is 8.06. The van der Waals surface area contributed by atoms with E-state index in [1.165, 1.54) is 17.8 Å². The Balaban J connectivity index is 1.52. The van der Waals surface area contributed by atoms with Gasteiger partial charge in [0.25, 0.3) is 0 Å². The number of likely N-dealkylation sites (tertiary alicyclic amines) is 1. The van der Waals surface area contributed by atoms with Gasteiger partial charge in [-0.25, -0.2) is 0 Å². The minimum Gasteiger partial charge on any atom is -0.375 e. The third-order valence-electron chi connectivity index (χ3n) is 5.61. The lowest BCUT2D eigenvalue weighted by atomic mass is 10.1. The first kappa shape index (κ1) is 20.6. The number of thiocarbonyl (C=S) groups is 1. The summed E-state index contributed by atoms with van der Waals surface area (Å²) in [5.41, 5.74) is 8.75. The fourth-order valence-electron chi connectivity index (χ4n) is 4.34. The minimum absolute atomic E-state index is 0.0490. The molecule has 2 aromatic carbocycles. The average Bonchev–Trinajstić information content (AvgIpc) is 3.28. The molecule has 2 heterocycles. The van der Waals surface area contributed by atoms with Crippen LogP contribution in [-0.4, -0.2) is 41.4 Å². The minimum atomic E-state index is -4.46. The summed E-state index contributed by atoms with van der Waals surface area (Å²) < 4.78 is 41.4. The number of nitrogens with zero attached hydrogens (tertiary/aromatic N) is 3. The number of hydrogen-bond donors (Lipinski definition) is 2. The third kappa shape index (κ3) is 4.41. The van der Waals surface area contributed by atoms with Crippen LogP contribution in [0, 0.1) is 0 Å². The molecule has 5 nitrogen and oxygen atoms in total. The highest BCUT2D eigenvalue weighted by Gasteiger charge is 2.45. The summed E-state index contributed by atoms with van der Waals surface area (Å²) in [4.78, 5) is 4.27. The van der Waals surface area contributed by atoms with Gasteiger partial charge >= 0.3 is 6.18 Å². The number of nitrogens with one attached hydrogen (secondary N) is 1. The van der Waals surface area contributed by atoms with Gasteiger partial charge in [0.1, 0.15) is 0 Å². The van der Waals surface area contributed by atoms with E-state index >= 15 is 0 Å². The Bertz CT molecular complexity index is 947. The van der Waals surface area contributed by atoms with E-state index in [1.54, 1.807) is 6.07 Å². The molecule has 0 unspecified atom stereocenters. The van der Waals surface area contributed by atoms with Crippen LogP contribution in [0.2, 0.25) is 0 Å². The summed E-state index contributed by atoms with van der Waals surface area (Å²) in [7, 11) is 0. The Hall–Kier alpha value is -2.65. The number of anilines is 1. The molecule has 3 N–H and O–H groups in total. The number of hydrazone groups is 1. The van der Waals surface area contributed by atoms with Gasteiger partial charge < -0.3 is 10.6 Å². The van der Waals surface area contributed by atoms with Gasteiger partial charge in [0.05, 0.1) is 11.8 Å². The molecular formula is C21H22F3N5S. The van der Waals surface area contributed by atoms with Crippen molar-refractivity contribution in [3.8, 4) is 0 Å².